The SMILES string of the molecule is COc1ccc(C(=O)NCc2nnc(SCC(=O)Nc3cc(C)c(C)cc3Br)n2C)cc1OC. The third-order valence-corrected chi connectivity index (χ3v) is 6.84. The zero-order valence-corrected chi connectivity index (χ0v) is 22.0. The van der Waals surface area contributed by atoms with Gasteiger partial charge >= 0.3 is 0 Å². The summed E-state index contributed by atoms with van der Waals surface area (Å²) in [6.07, 6.45) is 0. The molecule has 9 nitrogen and oxygen atoms in total. The molecule has 0 aliphatic heterocycles. The summed E-state index contributed by atoms with van der Waals surface area (Å²) in [6, 6.07) is 8.85. The Labute approximate surface area is 210 Å². The minimum absolute atomic E-state index is 0.153. The van der Waals surface area contributed by atoms with Crippen LogP contribution in [0.4, 0.5) is 5.69 Å². The molecule has 3 aromatic rings. The van der Waals surface area contributed by atoms with Crippen LogP contribution in [0.5, 0.6) is 11.5 Å². The number of amides is 2. The molecule has 2 N–H and O–H groups in total. The fraction of sp³-hybridized carbons (Fsp3) is 0.304. The number of hydrogen-bond donors (Lipinski definition) is 2. The van der Waals surface area contributed by atoms with Gasteiger partial charge in [-0.2, -0.15) is 0 Å². The number of nitrogens with zero attached hydrogens (tertiary/aromatic N) is 3. The van der Waals surface area contributed by atoms with Crippen molar-refractivity contribution in [3.63, 3.8) is 0 Å². The first-order chi connectivity index (χ1) is 16.2. The minimum atomic E-state index is -0.281. The molecule has 0 aliphatic rings. The van der Waals surface area contributed by atoms with E-state index in [1.54, 1.807) is 29.8 Å². The van der Waals surface area contributed by atoms with E-state index >= 15 is 0 Å². The predicted molar refractivity (Wildman–Crippen MR) is 135 cm³/mol. The standard InChI is InChI=1S/C23H26BrN5O4S/c1-13-8-16(24)17(9-14(13)2)26-21(30)12-34-23-28-27-20(29(23)3)11-25-22(31)15-6-7-18(32-4)19(10-15)33-5/h6-10H,11-12H2,1-5H3,(H,25,31)(H,26,30). The second-order valence-corrected chi connectivity index (χ2v) is 9.26. The molecular weight excluding hydrogens is 522 g/mol. The molecule has 34 heavy (non-hydrogen) atoms. The molecule has 1 heterocycles. The Kier molecular flexibility index (Phi) is 8.56. The van der Waals surface area contributed by atoms with Gasteiger partial charge in [-0.05, 0) is 71.2 Å². The normalized spacial score (nSPS) is 10.6. The number of thioether (sulfide) groups is 1. The molecule has 0 bridgehead atoms. The number of anilines is 1. The Hall–Kier alpha value is -3.05. The van der Waals surface area contributed by atoms with E-state index in [9.17, 15) is 9.59 Å². The average molecular weight is 548 g/mol. The van der Waals surface area contributed by atoms with E-state index in [1.165, 1.54) is 26.0 Å². The Morgan fingerprint density at radius 3 is 2.47 bits per heavy atom. The lowest BCUT2D eigenvalue weighted by atomic mass is 10.1. The molecule has 2 amide bonds. The monoisotopic (exact) mass is 547 g/mol. The van der Waals surface area contributed by atoms with Crippen molar-refractivity contribution in [1.82, 2.24) is 20.1 Å². The van der Waals surface area contributed by atoms with Crippen molar-refractivity contribution in [2.24, 2.45) is 7.05 Å². The number of methoxy groups -OCH3 is 2. The molecule has 0 atom stereocenters. The van der Waals surface area contributed by atoms with Crippen molar-refractivity contribution in [3.8, 4) is 11.5 Å². The van der Waals surface area contributed by atoms with Gasteiger partial charge in [0.05, 0.1) is 32.2 Å². The minimum Gasteiger partial charge on any atom is -0.493 e. The molecule has 0 aliphatic carbocycles. The van der Waals surface area contributed by atoms with Gasteiger partial charge in [0.1, 0.15) is 0 Å². The van der Waals surface area contributed by atoms with E-state index in [-0.39, 0.29) is 24.1 Å². The Morgan fingerprint density at radius 1 is 1.06 bits per heavy atom. The third kappa shape index (κ3) is 6.09. The number of hydrogen-bond acceptors (Lipinski definition) is 7. The summed E-state index contributed by atoms with van der Waals surface area (Å²) < 4.78 is 13.0. The van der Waals surface area contributed by atoms with Gasteiger partial charge in [0, 0.05) is 17.1 Å². The maximum atomic E-state index is 12.5. The summed E-state index contributed by atoms with van der Waals surface area (Å²) in [5, 5.41) is 14.6. The Morgan fingerprint density at radius 2 is 1.76 bits per heavy atom. The molecule has 0 fully saturated rings. The van der Waals surface area contributed by atoms with E-state index < -0.39 is 0 Å². The van der Waals surface area contributed by atoms with Gasteiger partial charge in [-0.1, -0.05) is 11.8 Å². The van der Waals surface area contributed by atoms with Crippen molar-refractivity contribution in [2.45, 2.75) is 25.5 Å². The highest BCUT2D eigenvalue weighted by molar-refractivity contribution is 9.10. The van der Waals surface area contributed by atoms with E-state index in [0.29, 0.717) is 28.0 Å². The highest BCUT2D eigenvalue weighted by Crippen LogP contribution is 2.28. The lowest BCUT2D eigenvalue weighted by Gasteiger charge is -2.11. The molecule has 2 aromatic carbocycles. The van der Waals surface area contributed by atoms with Crippen molar-refractivity contribution in [3.05, 3.63) is 57.3 Å². The predicted octanol–water partition coefficient (Wildman–Crippen LogP) is 3.87. The smallest absolute Gasteiger partial charge is 0.251 e. The number of carbonyl (C=O) groups excluding carboxylic acids is 2. The number of ether oxygens (including phenoxy) is 2. The molecular formula is C23H26BrN5O4S. The van der Waals surface area contributed by atoms with E-state index in [4.69, 9.17) is 9.47 Å². The van der Waals surface area contributed by atoms with Gasteiger partial charge < -0.3 is 24.7 Å². The van der Waals surface area contributed by atoms with Gasteiger partial charge in [-0.25, -0.2) is 0 Å². The van der Waals surface area contributed by atoms with Crippen LogP contribution in [0.15, 0.2) is 40.0 Å². The van der Waals surface area contributed by atoms with E-state index in [0.717, 1.165) is 21.3 Å². The van der Waals surface area contributed by atoms with Gasteiger partial charge in [0.25, 0.3) is 5.91 Å². The van der Waals surface area contributed by atoms with Gasteiger partial charge in [-0.15, -0.1) is 10.2 Å². The molecule has 3 rings (SSSR count). The van der Waals surface area contributed by atoms with Crippen LogP contribution in [0.25, 0.3) is 0 Å². The highest BCUT2D eigenvalue weighted by Gasteiger charge is 2.15. The molecule has 0 saturated heterocycles. The first-order valence-electron chi connectivity index (χ1n) is 10.3. The van der Waals surface area contributed by atoms with Crippen LogP contribution in [0.3, 0.4) is 0 Å². The van der Waals surface area contributed by atoms with Crippen molar-refractivity contribution >= 4 is 45.2 Å². The van der Waals surface area contributed by atoms with Crippen molar-refractivity contribution in [2.75, 3.05) is 25.3 Å². The molecule has 0 spiro atoms. The van der Waals surface area contributed by atoms with E-state index in [2.05, 4.69) is 36.8 Å². The molecule has 180 valence electrons. The van der Waals surface area contributed by atoms with Gasteiger partial charge in [-0.3, -0.25) is 9.59 Å². The third-order valence-electron chi connectivity index (χ3n) is 5.17. The van der Waals surface area contributed by atoms with Gasteiger partial charge in [0.2, 0.25) is 5.91 Å². The number of aromatic nitrogens is 3. The summed E-state index contributed by atoms with van der Waals surface area (Å²) >= 11 is 4.75. The fourth-order valence-electron chi connectivity index (χ4n) is 3.06. The van der Waals surface area contributed by atoms with Crippen LogP contribution < -0.4 is 20.1 Å². The second-order valence-electron chi connectivity index (χ2n) is 7.46. The maximum absolute atomic E-state index is 12.5. The molecule has 0 radical (unpaired) electrons. The number of nitrogens with one attached hydrogen (secondary N) is 2. The molecule has 0 saturated carbocycles. The average Bonchev–Trinajstić information content (AvgIpc) is 3.18. The summed E-state index contributed by atoms with van der Waals surface area (Å²) in [4.78, 5) is 25.0. The summed E-state index contributed by atoms with van der Waals surface area (Å²) in [5.41, 5.74) is 3.40. The number of benzene rings is 2. The maximum Gasteiger partial charge on any atom is 0.251 e. The Bertz CT molecular complexity index is 1210. The molecule has 1 aromatic heterocycles. The van der Waals surface area contributed by atoms with Crippen LogP contribution in [0.2, 0.25) is 0 Å². The first kappa shape index (κ1) is 25.6. The van der Waals surface area contributed by atoms with Crippen LogP contribution in [-0.4, -0.2) is 46.6 Å². The summed E-state index contributed by atoms with van der Waals surface area (Å²) in [7, 11) is 4.84. The highest BCUT2D eigenvalue weighted by atomic mass is 79.9. The fourth-order valence-corrected chi connectivity index (χ4v) is 4.34. The topological polar surface area (TPSA) is 107 Å². The quantitative estimate of drug-likeness (QED) is 0.391. The zero-order chi connectivity index (χ0) is 24.8. The second kappa shape index (κ2) is 11.4. The van der Waals surface area contributed by atoms with Crippen LogP contribution in [0.1, 0.15) is 27.3 Å². The lowest BCUT2D eigenvalue weighted by molar-refractivity contribution is -0.113. The largest absolute Gasteiger partial charge is 0.493 e. The Balaban J connectivity index is 1.56. The van der Waals surface area contributed by atoms with E-state index in [1.807, 2.05) is 26.0 Å². The number of aryl methyl sites for hydroxylation is 2. The molecule has 11 heteroatoms. The number of rotatable bonds is 9. The van der Waals surface area contributed by atoms with Crippen LogP contribution >= 0.6 is 27.7 Å². The van der Waals surface area contributed by atoms with Crippen LogP contribution in [-0.2, 0) is 18.4 Å². The zero-order valence-electron chi connectivity index (χ0n) is 19.6. The van der Waals surface area contributed by atoms with Crippen molar-refractivity contribution in [1.29, 1.82) is 0 Å². The summed E-state index contributed by atoms with van der Waals surface area (Å²) in [5.74, 6) is 1.32. The van der Waals surface area contributed by atoms with Crippen LogP contribution in [0, 0.1) is 13.8 Å². The summed E-state index contributed by atoms with van der Waals surface area (Å²) in [6.45, 7) is 4.19. The van der Waals surface area contributed by atoms with Gasteiger partial charge in [0.15, 0.2) is 22.5 Å². The van der Waals surface area contributed by atoms with Crippen molar-refractivity contribution < 1.29 is 19.1 Å². The first-order valence-corrected chi connectivity index (χ1v) is 12.1. The number of halogens is 1. The number of carbonyl (C=O) groups is 2. The lowest BCUT2D eigenvalue weighted by Crippen LogP contribution is -2.24. The molecule has 0 unspecified atom stereocenters.